The third kappa shape index (κ3) is 5.67. The van der Waals surface area contributed by atoms with Gasteiger partial charge in [0.05, 0.1) is 19.6 Å². The minimum Gasteiger partial charge on any atom is -0.479 e. The van der Waals surface area contributed by atoms with E-state index in [1.54, 1.807) is 43.3 Å². The van der Waals surface area contributed by atoms with Gasteiger partial charge in [0.1, 0.15) is 5.75 Å². The average molecular weight is 543 g/mol. The Bertz CT molecular complexity index is 1240. The second-order valence-corrected chi connectivity index (χ2v) is 9.09. The van der Waals surface area contributed by atoms with Gasteiger partial charge in [-0.1, -0.05) is 61.5 Å². The van der Waals surface area contributed by atoms with Gasteiger partial charge < -0.3 is 20.1 Å². The Morgan fingerprint density at radius 1 is 0.789 bits per heavy atom. The highest BCUT2D eigenvalue weighted by atomic mass is 19.4. The SMILES string of the molecule is CCc1c(OC(C)(c2ccc(CO)c(CO)c2)C(O)(CC(F)(F)F)C(F)(F)F)cccc1-c1ccccc1. The molecule has 0 aliphatic heterocycles. The van der Waals surface area contributed by atoms with E-state index in [-0.39, 0.29) is 23.3 Å². The molecule has 2 atom stereocenters. The van der Waals surface area contributed by atoms with Gasteiger partial charge in [-0.05, 0) is 53.3 Å². The zero-order valence-electron chi connectivity index (χ0n) is 20.7. The van der Waals surface area contributed by atoms with Gasteiger partial charge in [-0.15, -0.1) is 0 Å². The van der Waals surface area contributed by atoms with Crippen molar-refractivity contribution in [2.75, 3.05) is 0 Å². The smallest absolute Gasteiger partial charge is 0.421 e. The van der Waals surface area contributed by atoms with Crippen molar-refractivity contribution in [2.45, 2.75) is 63.5 Å². The molecule has 206 valence electrons. The van der Waals surface area contributed by atoms with Gasteiger partial charge in [0.2, 0.25) is 5.60 Å². The van der Waals surface area contributed by atoms with Crippen LogP contribution < -0.4 is 4.74 Å². The molecule has 0 heterocycles. The van der Waals surface area contributed by atoms with E-state index in [2.05, 4.69) is 0 Å². The van der Waals surface area contributed by atoms with Crippen LogP contribution in [-0.2, 0) is 25.2 Å². The van der Waals surface area contributed by atoms with Crippen LogP contribution in [0.4, 0.5) is 26.3 Å². The number of halogens is 6. The van der Waals surface area contributed by atoms with Crippen LogP contribution in [-0.4, -0.2) is 33.3 Å². The molecule has 0 saturated carbocycles. The molecule has 3 aromatic carbocycles. The summed E-state index contributed by atoms with van der Waals surface area (Å²) < 4.78 is 89.9. The molecule has 2 unspecified atom stereocenters. The fourth-order valence-corrected chi connectivity index (χ4v) is 4.57. The maximum Gasteiger partial charge on any atom is 0.421 e. The maximum atomic E-state index is 14.5. The van der Waals surface area contributed by atoms with Crippen molar-refractivity contribution >= 4 is 0 Å². The molecular weight excluding hydrogens is 514 g/mol. The predicted molar refractivity (Wildman–Crippen MR) is 129 cm³/mol. The third-order valence-corrected chi connectivity index (χ3v) is 6.70. The molecular formula is C28H28F6O4. The second kappa shape index (κ2) is 11.0. The van der Waals surface area contributed by atoms with Crippen LogP contribution in [0.25, 0.3) is 11.1 Å². The lowest BCUT2D eigenvalue weighted by atomic mass is 9.74. The summed E-state index contributed by atoms with van der Waals surface area (Å²) in [5.41, 5.74) is -6.04. The molecule has 0 aromatic heterocycles. The van der Waals surface area contributed by atoms with Crippen LogP contribution in [0.1, 0.15) is 42.5 Å². The summed E-state index contributed by atoms with van der Waals surface area (Å²) in [6.07, 6.45) is -13.6. The van der Waals surface area contributed by atoms with Crippen LogP contribution in [0.3, 0.4) is 0 Å². The van der Waals surface area contributed by atoms with E-state index in [9.17, 15) is 41.7 Å². The number of benzene rings is 3. The standard InChI is InChI=1S/C28H28F6O4/c1-3-22-23(18-8-5-4-6-9-18)10-7-11-24(22)38-25(2,21-13-12-19(15-35)20(14-21)16-36)26(37,28(32,33)34)17-27(29,30)31/h4-14,35-37H,3,15-17H2,1-2H3. The lowest BCUT2D eigenvalue weighted by molar-refractivity contribution is -0.340. The Labute approximate surface area is 216 Å². The normalized spacial score (nSPS) is 15.6. The first kappa shape index (κ1) is 29.5. The first-order valence-electron chi connectivity index (χ1n) is 11.8. The Morgan fingerprint density at radius 3 is 1.95 bits per heavy atom. The number of hydrogen-bond acceptors (Lipinski definition) is 4. The third-order valence-electron chi connectivity index (χ3n) is 6.70. The molecule has 0 aliphatic carbocycles. The fraction of sp³-hybridized carbons (Fsp3) is 0.357. The predicted octanol–water partition coefficient (Wildman–Crippen LogP) is 6.44. The molecule has 3 N–H and O–H groups in total. The van der Waals surface area contributed by atoms with E-state index in [1.807, 2.05) is 0 Å². The van der Waals surface area contributed by atoms with E-state index in [4.69, 9.17) is 4.74 Å². The summed E-state index contributed by atoms with van der Waals surface area (Å²) in [6.45, 7) is 1.18. The lowest BCUT2D eigenvalue weighted by Crippen LogP contribution is -2.64. The minimum absolute atomic E-state index is 0.0230. The molecule has 3 rings (SSSR count). The molecule has 4 nitrogen and oxygen atoms in total. The zero-order chi connectivity index (χ0) is 28.4. The molecule has 38 heavy (non-hydrogen) atoms. The van der Waals surface area contributed by atoms with Crippen molar-refractivity contribution in [1.82, 2.24) is 0 Å². The first-order chi connectivity index (χ1) is 17.7. The van der Waals surface area contributed by atoms with Crippen LogP contribution in [0.15, 0.2) is 66.7 Å². The molecule has 0 fully saturated rings. The number of alkyl halides is 6. The van der Waals surface area contributed by atoms with E-state index >= 15 is 0 Å². The largest absolute Gasteiger partial charge is 0.479 e. The lowest BCUT2D eigenvalue weighted by Gasteiger charge is -2.46. The van der Waals surface area contributed by atoms with Crippen LogP contribution in [0.5, 0.6) is 5.75 Å². The van der Waals surface area contributed by atoms with Gasteiger partial charge in [-0.3, -0.25) is 0 Å². The second-order valence-electron chi connectivity index (χ2n) is 9.09. The van der Waals surface area contributed by atoms with Gasteiger partial charge in [-0.25, -0.2) is 0 Å². The van der Waals surface area contributed by atoms with Crippen molar-refractivity contribution in [3.8, 4) is 16.9 Å². The van der Waals surface area contributed by atoms with Crippen molar-refractivity contribution in [3.63, 3.8) is 0 Å². The molecule has 0 radical (unpaired) electrons. The van der Waals surface area contributed by atoms with Crippen molar-refractivity contribution in [3.05, 3.63) is 89.0 Å². The Balaban J connectivity index is 2.32. The van der Waals surface area contributed by atoms with Gasteiger partial charge in [0.15, 0.2) is 5.60 Å². The van der Waals surface area contributed by atoms with E-state index in [0.29, 0.717) is 16.7 Å². The molecule has 3 aromatic rings. The Kier molecular flexibility index (Phi) is 8.50. The summed E-state index contributed by atoms with van der Waals surface area (Å²) in [5, 5.41) is 30.2. The average Bonchev–Trinajstić information content (AvgIpc) is 2.86. The van der Waals surface area contributed by atoms with E-state index in [0.717, 1.165) is 19.1 Å². The van der Waals surface area contributed by atoms with Gasteiger partial charge >= 0.3 is 12.4 Å². The number of ether oxygens (including phenoxy) is 1. The maximum absolute atomic E-state index is 14.5. The molecule has 10 heteroatoms. The summed E-state index contributed by atoms with van der Waals surface area (Å²) in [4.78, 5) is 0. The molecule has 0 saturated heterocycles. The van der Waals surface area contributed by atoms with Gasteiger partial charge in [0.25, 0.3) is 0 Å². The first-order valence-corrected chi connectivity index (χ1v) is 11.8. The van der Waals surface area contributed by atoms with Crippen LogP contribution >= 0.6 is 0 Å². The van der Waals surface area contributed by atoms with Gasteiger partial charge in [0, 0.05) is 5.56 Å². The van der Waals surface area contributed by atoms with E-state index in [1.165, 1.54) is 18.2 Å². The van der Waals surface area contributed by atoms with Crippen LogP contribution in [0, 0.1) is 0 Å². The van der Waals surface area contributed by atoms with Crippen LogP contribution in [0.2, 0.25) is 0 Å². The number of aliphatic hydroxyl groups is 3. The molecule has 0 spiro atoms. The van der Waals surface area contributed by atoms with Gasteiger partial charge in [-0.2, -0.15) is 26.3 Å². The quantitative estimate of drug-likeness (QED) is 0.272. The highest BCUT2D eigenvalue weighted by molar-refractivity contribution is 5.70. The fourth-order valence-electron chi connectivity index (χ4n) is 4.57. The highest BCUT2D eigenvalue weighted by Gasteiger charge is 2.70. The Morgan fingerprint density at radius 2 is 1.42 bits per heavy atom. The van der Waals surface area contributed by atoms with Crippen molar-refractivity contribution < 1.29 is 46.4 Å². The summed E-state index contributed by atoms with van der Waals surface area (Å²) in [7, 11) is 0. The molecule has 0 amide bonds. The molecule has 0 bridgehead atoms. The highest BCUT2D eigenvalue weighted by Crippen LogP contribution is 2.52. The van der Waals surface area contributed by atoms with Crippen molar-refractivity contribution in [1.29, 1.82) is 0 Å². The van der Waals surface area contributed by atoms with Crippen molar-refractivity contribution in [2.24, 2.45) is 0 Å². The summed E-state index contributed by atoms with van der Waals surface area (Å²) in [6, 6.07) is 16.6. The Hall–Kier alpha value is -3.08. The summed E-state index contributed by atoms with van der Waals surface area (Å²) >= 11 is 0. The monoisotopic (exact) mass is 542 g/mol. The topological polar surface area (TPSA) is 69.9 Å². The number of hydrogen-bond donors (Lipinski definition) is 3. The summed E-state index contributed by atoms with van der Waals surface area (Å²) in [5.74, 6) is -0.141. The van der Waals surface area contributed by atoms with E-state index < -0.39 is 48.8 Å². The minimum atomic E-state index is -5.78. The zero-order valence-corrected chi connectivity index (χ0v) is 20.7. The number of rotatable bonds is 9. The number of aliphatic hydroxyl groups excluding tert-OH is 2. The molecule has 0 aliphatic rings.